The summed E-state index contributed by atoms with van der Waals surface area (Å²) in [5, 5.41) is 0. The second-order valence-corrected chi connectivity index (χ2v) is 4.91. The van der Waals surface area contributed by atoms with Gasteiger partial charge in [0.15, 0.2) is 18.4 Å². The van der Waals surface area contributed by atoms with Crippen molar-refractivity contribution in [2.45, 2.75) is 33.6 Å². The number of allylic oxidation sites excluding steroid dienone is 1. The molecule has 0 atom stereocenters. The fourth-order valence-corrected chi connectivity index (χ4v) is 2.03. The lowest BCUT2D eigenvalue weighted by atomic mass is 10.1. The summed E-state index contributed by atoms with van der Waals surface area (Å²) >= 11 is 0. The Morgan fingerprint density at radius 1 is 1.18 bits per heavy atom. The van der Waals surface area contributed by atoms with E-state index in [1.165, 1.54) is 12.1 Å². The van der Waals surface area contributed by atoms with Crippen LogP contribution < -0.4 is 4.90 Å². The number of aliphatic imine (C=N–C) groups is 1. The predicted molar refractivity (Wildman–Crippen MR) is 93.4 cm³/mol. The van der Waals surface area contributed by atoms with E-state index in [4.69, 9.17) is 4.74 Å². The Balaban J connectivity index is 2.68. The second kappa shape index (κ2) is 10.6. The average Bonchev–Trinajstić information content (AvgIpc) is 2.56. The van der Waals surface area contributed by atoms with Crippen molar-refractivity contribution in [1.29, 1.82) is 0 Å². The number of benzene rings is 1. The van der Waals surface area contributed by atoms with Crippen molar-refractivity contribution in [3.05, 3.63) is 35.6 Å². The van der Waals surface area contributed by atoms with Gasteiger partial charge in [-0.1, -0.05) is 25.5 Å². The van der Waals surface area contributed by atoms with Gasteiger partial charge in [-0.2, -0.15) is 0 Å². The fraction of sp³-hybridized carbons (Fsp3) is 0.444. The first-order chi connectivity index (χ1) is 10.7. The number of ether oxygens (including phenoxy) is 1. The highest BCUT2D eigenvalue weighted by molar-refractivity contribution is 5.81. The molecule has 0 bridgehead atoms. The number of carbonyl (C=O) groups is 1. The van der Waals surface area contributed by atoms with Crippen LogP contribution in [-0.4, -0.2) is 32.3 Å². The molecule has 4 heteroatoms. The molecule has 0 N–H and O–H groups in total. The van der Waals surface area contributed by atoms with E-state index in [1.54, 1.807) is 6.08 Å². The Morgan fingerprint density at radius 2 is 1.86 bits per heavy atom. The zero-order valence-corrected chi connectivity index (χ0v) is 13.8. The molecule has 0 saturated carbocycles. The molecular formula is C18H26N2O2. The minimum absolute atomic E-state index is 0.260. The molecule has 0 spiro atoms. The molecule has 1 aromatic rings. The van der Waals surface area contributed by atoms with E-state index in [1.807, 2.05) is 12.1 Å². The van der Waals surface area contributed by atoms with Crippen molar-refractivity contribution in [1.82, 2.24) is 0 Å². The van der Waals surface area contributed by atoms with E-state index in [2.05, 4.69) is 42.8 Å². The van der Waals surface area contributed by atoms with Gasteiger partial charge in [0.25, 0.3) is 0 Å². The highest BCUT2D eigenvalue weighted by atomic mass is 16.5. The third-order valence-electron chi connectivity index (χ3n) is 3.35. The molecule has 0 radical (unpaired) electrons. The highest BCUT2D eigenvalue weighted by Gasteiger charge is 2.01. The van der Waals surface area contributed by atoms with Crippen LogP contribution in [0.4, 0.5) is 5.69 Å². The summed E-state index contributed by atoms with van der Waals surface area (Å²) in [6.07, 6.45) is 5.87. The number of hydrogen-bond donors (Lipinski definition) is 0. The fourth-order valence-electron chi connectivity index (χ4n) is 2.03. The summed E-state index contributed by atoms with van der Waals surface area (Å²) in [6.45, 7) is 9.04. The first-order valence-electron chi connectivity index (χ1n) is 7.91. The predicted octanol–water partition coefficient (Wildman–Crippen LogP) is 3.92. The molecule has 0 aliphatic carbocycles. The summed E-state index contributed by atoms with van der Waals surface area (Å²) in [5.41, 5.74) is 2.11. The summed E-state index contributed by atoms with van der Waals surface area (Å²) in [6, 6.07) is 8.07. The summed E-state index contributed by atoms with van der Waals surface area (Å²) in [4.78, 5) is 17.4. The lowest BCUT2D eigenvalue weighted by Gasteiger charge is -2.20. The zero-order chi connectivity index (χ0) is 16.2. The number of carbonyl (C=O) groups excluding carboxylic acids is 1. The first kappa shape index (κ1) is 18.0. The summed E-state index contributed by atoms with van der Waals surface area (Å²) in [5.74, 6) is 0.260. The van der Waals surface area contributed by atoms with Crippen molar-refractivity contribution in [2.24, 2.45) is 4.99 Å². The van der Waals surface area contributed by atoms with E-state index < -0.39 is 0 Å². The van der Waals surface area contributed by atoms with Crippen molar-refractivity contribution >= 4 is 24.5 Å². The van der Waals surface area contributed by atoms with E-state index >= 15 is 0 Å². The minimum atomic E-state index is 0.260. The molecule has 1 rings (SSSR count). The van der Waals surface area contributed by atoms with Gasteiger partial charge in [-0.15, -0.1) is 0 Å². The molecule has 0 unspecified atom stereocenters. The monoisotopic (exact) mass is 302 g/mol. The van der Waals surface area contributed by atoms with Gasteiger partial charge in [-0.05, 0) is 44.0 Å². The average molecular weight is 302 g/mol. The van der Waals surface area contributed by atoms with E-state index in [9.17, 15) is 4.79 Å². The number of rotatable bonds is 10. The van der Waals surface area contributed by atoms with Crippen LogP contribution in [0.25, 0.3) is 6.08 Å². The van der Waals surface area contributed by atoms with Crippen LogP contribution in [0.1, 0.15) is 39.2 Å². The molecule has 4 nitrogen and oxygen atoms in total. The molecule has 1 aromatic carbocycles. The van der Waals surface area contributed by atoms with Crippen LogP contribution in [-0.2, 0) is 9.53 Å². The Bertz CT molecular complexity index is 488. The third kappa shape index (κ3) is 6.12. The molecule has 22 heavy (non-hydrogen) atoms. The smallest absolute Gasteiger partial charge is 0.185 e. The van der Waals surface area contributed by atoms with Gasteiger partial charge < -0.3 is 9.64 Å². The molecular weight excluding hydrogens is 276 g/mol. The van der Waals surface area contributed by atoms with E-state index in [-0.39, 0.29) is 5.76 Å². The molecule has 0 aromatic heterocycles. The van der Waals surface area contributed by atoms with Crippen LogP contribution in [0, 0.1) is 0 Å². The van der Waals surface area contributed by atoms with Gasteiger partial charge >= 0.3 is 0 Å². The van der Waals surface area contributed by atoms with Gasteiger partial charge in [0.2, 0.25) is 0 Å². The maximum absolute atomic E-state index is 11.0. The van der Waals surface area contributed by atoms with Crippen molar-refractivity contribution in [2.75, 3.05) is 24.5 Å². The van der Waals surface area contributed by atoms with Crippen molar-refractivity contribution in [3.63, 3.8) is 0 Å². The first-order valence-corrected chi connectivity index (χ1v) is 7.91. The molecule has 0 saturated heterocycles. The van der Waals surface area contributed by atoms with Crippen LogP contribution >= 0.6 is 0 Å². The standard InChI is InChI=1S/C18H26N2O2/c1-4-7-12-19-15-22-18(14-21)13-16-8-10-17(11-9-16)20(5-2)6-3/h8-11,13-15H,4-7,12H2,1-3H3/b18-13+,19-15+. The van der Waals surface area contributed by atoms with E-state index in [0.29, 0.717) is 6.29 Å². The molecule has 0 heterocycles. The Labute approximate surface area is 133 Å². The summed E-state index contributed by atoms with van der Waals surface area (Å²) < 4.78 is 5.25. The maximum Gasteiger partial charge on any atom is 0.185 e. The van der Waals surface area contributed by atoms with Crippen molar-refractivity contribution in [3.8, 4) is 0 Å². The van der Waals surface area contributed by atoms with Crippen molar-refractivity contribution < 1.29 is 9.53 Å². The van der Waals surface area contributed by atoms with Crippen LogP contribution in [0.3, 0.4) is 0 Å². The van der Waals surface area contributed by atoms with Gasteiger partial charge in [-0.25, -0.2) is 0 Å². The number of hydrogen-bond acceptors (Lipinski definition) is 4. The zero-order valence-electron chi connectivity index (χ0n) is 13.8. The topological polar surface area (TPSA) is 41.9 Å². The lowest BCUT2D eigenvalue weighted by molar-refractivity contribution is -0.106. The highest BCUT2D eigenvalue weighted by Crippen LogP contribution is 2.16. The Kier molecular flexibility index (Phi) is 8.65. The third-order valence-corrected chi connectivity index (χ3v) is 3.35. The largest absolute Gasteiger partial charge is 0.443 e. The van der Waals surface area contributed by atoms with Crippen LogP contribution in [0.15, 0.2) is 35.0 Å². The number of anilines is 1. The molecule has 120 valence electrons. The van der Waals surface area contributed by atoms with Gasteiger partial charge in [0.05, 0.1) is 0 Å². The Hall–Kier alpha value is -2.10. The quantitative estimate of drug-likeness (QED) is 0.164. The lowest BCUT2D eigenvalue weighted by Crippen LogP contribution is -2.21. The number of nitrogens with zero attached hydrogens (tertiary/aromatic N) is 2. The van der Waals surface area contributed by atoms with Crippen LogP contribution in [0.5, 0.6) is 0 Å². The molecule has 0 fully saturated rings. The Morgan fingerprint density at radius 3 is 2.41 bits per heavy atom. The molecule has 0 aliphatic rings. The van der Waals surface area contributed by atoms with Gasteiger partial charge in [0.1, 0.15) is 0 Å². The summed E-state index contributed by atoms with van der Waals surface area (Å²) in [7, 11) is 0. The number of unbranched alkanes of at least 4 members (excludes halogenated alkanes) is 1. The normalized spacial score (nSPS) is 11.7. The SMILES string of the molecule is CCCC/N=C/O/C(C=O)=C/c1ccc(N(CC)CC)cc1. The van der Waals surface area contributed by atoms with Gasteiger partial charge in [-0.3, -0.25) is 9.79 Å². The minimum Gasteiger partial charge on any atom is -0.443 e. The van der Waals surface area contributed by atoms with E-state index in [0.717, 1.165) is 38.0 Å². The second-order valence-electron chi connectivity index (χ2n) is 4.91. The molecule has 0 amide bonds. The van der Waals surface area contributed by atoms with Crippen LogP contribution in [0.2, 0.25) is 0 Å². The maximum atomic E-state index is 11.0. The molecule has 0 aliphatic heterocycles. The number of aldehydes is 1. The van der Waals surface area contributed by atoms with Gasteiger partial charge in [0, 0.05) is 25.3 Å².